The standard InChI is InChI=1S/C20H21N5O/c26-20(17-6-7-19(23-13-17)25-11-9-21-15-25)24-10-3-4-16(14-24)12-18-5-1-2-8-22-18/h1-2,5-9,11,13,15-16H,3-4,10,12,14H2. The number of rotatable bonds is 4. The van der Waals surface area contributed by atoms with E-state index >= 15 is 0 Å². The molecule has 1 fully saturated rings. The lowest BCUT2D eigenvalue weighted by Crippen LogP contribution is -2.40. The van der Waals surface area contributed by atoms with E-state index in [9.17, 15) is 4.79 Å². The van der Waals surface area contributed by atoms with E-state index in [1.165, 1.54) is 0 Å². The average Bonchev–Trinajstić information content (AvgIpc) is 3.23. The van der Waals surface area contributed by atoms with Gasteiger partial charge < -0.3 is 4.90 Å². The highest BCUT2D eigenvalue weighted by atomic mass is 16.2. The van der Waals surface area contributed by atoms with E-state index < -0.39 is 0 Å². The quantitative estimate of drug-likeness (QED) is 0.728. The Bertz CT molecular complexity index is 846. The summed E-state index contributed by atoms with van der Waals surface area (Å²) in [4.78, 5) is 27.6. The zero-order chi connectivity index (χ0) is 17.8. The number of nitrogens with zero attached hydrogens (tertiary/aromatic N) is 5. The molecule has 4 heterocycles. The highest BCUT2D eigenvalue weighted by Gasteiger charge is 2.25. The van der Waals surface area contributed by atoms with Gasteiger partial charge in [-0.05, 0) is 49.4 Å². The van der Waals surface area contributed by atoms with Crippen molar-refractivity contribution in [1.29, 1.82) is 0 Å². The van der Waals surface area contributed by atoms with E-state index in [-0.39, 0.29) is 5.91 Å². The Hall–Kier alpha value is -3.02. The van der Waals surface area contributed by atoms with Crippen LogP contribution >= 0.6 is 0 Å². The van der Waals surface area contributed by atoms with Crippen LogP contribution in [0.15, 0.2) is 61.4 Å². The minimum absolute atomic E-state index is 0.0559. The van der Waals surface area contributed by atoms with Crippen LogP contribution in [0.1, 0.15) is 28.9 Å². The Kier molecular flexibility index (Phi) is 4.73. The van der Waals surface area contributed by atoms with Crippen molar-refractivity contribution in [2.45, 2.75) is 19.3 Å². The molecule has 1 atom stereocenters. The molecule has 132 valence electrons. The van der Waals surface area contributed by atoms with Crippen LogP contribution in [0, 0.1) is 5.92 Å². The summed E-state index contributed by atoms with van der Waals surface area (Å²) in [7, 11) is 0. The molecule has 6 heteroatoms. The van der Waals surface area contributed by atoms with Gasteiger partial charge in [0.2, 0.25) is 0 Å². The SMILES string of the molecule is O=C(c1ccc(-n2ccnc2)nc1)N1CCCC(Cc2ccccn2)C1. The summed E-state index contributed by atoms with van der Waals surface area (Å²) in [6.07, 6.45) is 11.8. The minimum atomic E-state index is 0.0559. The van der Waals surface area contributed by atoms with Gasteiger partial charge >= 0.3 is 0 Å². The predicted molar refractivity (Wildman–Crippen MR) is 97.9 cm³/mol. The van der Waals surface area contributed by atoms with Gasteiger partial charge in [0, 0.05) is 43.6 Å². The van der Waals surface area contributed by atoms with E-state index in [0.717, 1.165) is 43.9 Å². The molecule has 0 aromatic carbocycles. The van der Waals surface area contributed by atoms with Gasteiger partial charge in [0.05, 0.1) is 5.56 Å². The van der Waals surface area contributed by atoms with Crippen molar-refractivity contribution in [1.82, 2.24) is 24.4 Å². The van der Waals surface area contributed by atoms with Crippen LogP contribution in [0.25, 0.3) is 5.82 Å². The molecular weight excluding hydrogens is 326 g/mol. The van der Waals surface area contributed by atoms with E-state index in [1.807, 2.05) is 46.1 Å². The first-order valence-corrected chi connectivity index (χ1v) is 8.93. The van der Waals surface area contributed by atoms with Gasteiger partial charge in [0.1, 0.15) is 12.1 Å². The molecule has 26 heavy (non-hydrogen) atoms. The summed E-state index contributed by atoms with van der Waals surface area (Å²) in [5.74, 6) is 1.27. The summed E-state index contributed by atoms with van der Waals surface area (Å²) >= 11 is 0. The third-order valence-corrected chi connectivity index (χ3v) is 4.79. The lowest BCUT2D eigenvalue weighted by molar-refractivity contribution is 0.0672. The first kappa shape index (κ1) is 16.4. The fraction of sp³-hybridized carbons (Fsp3) is 0.300. The largest absolute Gasteiger partial charge is 0.338 e. The maximum absolute atomic E-state index is 12.8. The van der Waals surface area contributed by atoms with Crippen LogP contribution in [0.4, 0.5) is 0 Å². The topological polar surface area (TPSA) is 63.9 Å². The molecule has 1 aliphatic heterocycles. The number of hydrogen-bond acceptors (Lipinski definition) is 4. The smallest absolute Gasteiger partial charge is 0.255 e. The Balaban J connectivity index is 1.42. The van der Waals surface area contributed by atoms with Gasteiger partial charge in [-0.2, -0.15) is 0 Å². The summed E-state index contributed by atoms with van der Waals surface area (Å²) in [5.41, 5.74) is 1.73. The van der Waals surface area contributed by atoms with Crippen molar-refractivity contribution in [3.8, 4) is 5.82 Å². The normalized spacial score (nSPS) is 17.2. The zero-order valence-corrected chi connectivity index (χ0v) is 14.5. The lowest BCUT2D eigenvalue weighted by atomic mass is 9.93. The number of hydrogen-bond donors (Lipinski definition) is 0. The number of amides is 1. The second-order valence-electron chi connectivity index (χ2n) is 6.66. The van der Waals surface area contributed by atoms with Crippen molar-refractivity contribution >= 4 is 5.91 Å². The van der Waals surface area contributed by atoms with Crippen molar-refractivity contribution < 1.29 is 4.79 Å². The summed E-state index contributed by atoms with van der Waals surface area (Å²) in [6, 6.07) is 9.69. The van der Waals surface area contributed by atoms with Crippen molar-refractivity contribution in [3.05, 3.63) is 72.7 Å². The van der Waals surface area contributed by atoms with Crippen LogP contribution in [-0.4, -0.2) is 43.4 Å². The molecule has 0 spiro atoms. The zero-order valence-electron chi connectivity index (χ0n) is 14.5. The molecule has 6 nitrogen and oxygen atoms in total. The molecule has 0 saturated carbocycles. The van der Waals surface area contributed by atoms with Crippen LogP contribution in [0.5, 0.6) is 0 Å². The fourth-order valence-electron chi connectivity index (χ4n) is 3.47. The van der Waals surface area contributed by atoms with Gasteiger partial charge in [-0.15, -0.1) is 0 Å². The van der Waals surface area contributed by atoms with Crippen LogP contribution in [0.3, 0.4) is 0 Å². The average molecular weight is 347 g/mol. The fourth-order valence-corrected chi connectivity index (χ4v) is 3.47. The Morgan fingerprint density at radius 2 is 2.12 bits per heavy atom. The van der Waals surface area contributed by atoms with Crippen LogP contribution in [0.2, 0.25) is 0 Å². The molecule has 1 amide bonds. The Morgan fingerprint density at radius 3 is 2.85 bits per heavy atom. The summed E-state index contributed by atoms with van der Waals surface area (Å²) in [5, 5.41) is 0. The molecule has 1 unspecified atom stereocenters. The van der Waals surface area contributed by atoms with Gasteiger partial charge in [-0.3, -0.25) is 14.3 Å². The molecule has 1 saturated heterocycles. The molecule has 3 aromatic heterocycles. The highest BCUT2D eigenvalue weighted by Crippen LogP contribution is 2.21. The number of pyridine rings is 2. The minimum Gasteiger partial charge on any atom is -0.338 e. The monoisotopic (exact) mass is 347 g/mol. The molecule has 4 rings (SSSR count). The van der Waals surface area contributed by atoms with E-state index in [1.54, 1.807) is 18.7 Å². The third-order valence-electron chi connectivity index (χ3n) is 4.79. The second kappa shape index (κ2) is 7.47. The Morgan fingerprint density at radius 1 is 1.15 bits per heavy atom. The number of aromatic nitrogens is 4. The number of piperidine rings is 1. The van der Waals surface area contributed by atoms with E-state index in [2.05, 4.69) is 21.0 Å². The molecule has 1 aliphatic rings. The molecule has 0 radical (unpaired) electrons. The number of likely N-dealkylation sites (tertiary alicyclic amines) is 1. The van der Waals surface area contributed by atoms with Crippen LogP contribution in [-0.2, 0) is 6.42 Å². The lowest BCUT2D eigenvalue weighted by Gasteiger charge is -2.32. The number of carbonyl (C=O) groups excluding carboxylic acids is 1. The first-order valence-electron chi connectivity index (χ1n) is 8.93. The summed E-state index contributed by atoms with van der Waals surface area (Å²) < 4.78 is 1.82. The second-order valence-corrected chi connectivity index (χ2v) is 6.66. The molecule has 3 aromatic rings. The third kappa shape index (κ3) is 3.64. The molecule has 0 N–H and O–H groups in total. The maximum Gasteiger partial charge on any atom is 0.255 e. The van der Waals surface area contributed by atoms with Gasteiger partial charge in [-0.1, -0.05) is 6.07 Å². The van der Waals surface area contributed by atoms with Crippen molar-refractivity contribution in [2.24, 2.45) is 5.92 Å². The summed E-state index contributed by atoms with van der Waals surface area (Å²) in [6.45, 7) is 1.58. The van der Waals surface area contributed by atoms with Crippen molar-refractivity contribution in [3.63, 3.8) is 0 Å². The van der Waals surface area contributed by atoms with E-state index in [0.29, 0.717) is 11.5 Å². The highest BCUT2D eigenvalue weighted by molar-refractivity contribution is 5.94. The van der Waals surface area contributed by atoms with Gasteiger partial charge in [0.15, 0.2) is 0 Å². The van der Waals surface area contributed by atoms with Gasteiger partial charge in [0.25, 0.3) is 5.91 Å². The van der Waals surface area contributed by atoms with Crippen LogP contribution < -0.4 is 0 Å². The predicted octanol–water partition coefficient (Wildman–Crippen LogP) is 2.76. The number of carbonyl (C=O) groups is 1. The van der Waals surface area contributed by atoms with Crippen molar-refractivity contribution in [2.75, 3.05) is 13.1 Å². The first-order chi connectivity index (χ1) is 12.8. The Labute approximate surface area is 152 Å². The molecular formula is C20H21N5O. The maximum atomic E-state index is 12.8. The molecule has 0 bridgehead atoms. The number of imidazole rings is 1. The van der Waals surface area contributed by atoms with Gasteiger partial charge in [-0.25, -0.2) is 9.97 Å². The molecule has 0 aliphatic carbocycles. The van der Waals surface area contributed by atoms with E-state index in [4.69, 9.17) is 0 Å².